The lowest BCUT2D eigenvalue weighted by Crippen LogP contribution is -2.46. The fraction of sp³-hybridized carbons (Fsp3) is 0.737. The van der Waals surface area contributed by atoms with Gasteiger partial charge in [-0.05, 0) is 65.2 Å². The lowest BCUT2D eigenvalue weighted by Gasteiger charge is -2.35. The summed E-state index contributed by atoms with van der Waals surface area (Å²) in [5, 5.41) is 0. The quantitative estimate of drug-likeness (QED) is 0.694. The molecule has 0 aromatic carbocycles. The highest BCUT2D eigenvalue weighted by Gasteiger charge is 2.37. The van der Waals surface area contributed by atoms with E-state index in [-0.39, 0.29) is 5.54 Å². The van der Waals surface area contributed by atoms with Crippen molar-refractivity contribution in [3.05, 3.63) is 23.8 Å². The molecule has 0 radical (unpaired) electrons. The summed E-state index contributed by atoms with van der Waals surface area (Å²) in [6, 6.07) is 0. The maximum Gasteiger partial charge on any atom is 0.226 e. The van der Waals surface area contributed by atoms with E-state index < -0.39 is 0 Å². The van der Waals surface area contributed by atoms with Crippen LogP contribution < -0.4 is 0 Å². The number of rotatable bonds is 4. The second-order valence-corrected chi connectivity index (χ2v) is 7.95. The molecule has 118 valence electrons. The third-order valence-electron chi connectivity index (χ3n) is 4.79. The summed E-state index contributed by atoms with van der Waals surface area (Å²) in [5.74, 6) is 2.00. The molecule has 2 nitrogen and oxygen atoms in total. The SMILES string of the molecule is CC1=CCC(C=CCN(C(=O)C2CC2)C(C)(C)C)C(C)C1. The predicted octanol–water partition coefficient (Wildman–Crippen LogP) is 4.57. The summed E-state index contributed by atoms with van der Waals surface area (Å²) >= 11 is 0. The van der Waals surface area contributed by atoms with Gasteiger partial charge in [-0.3, -0.25) is 4.79 Å². The topological polar surface area (TPSA) is 20.3 Å². The molecule has 2 atom stereocenters. The van der Waals surface area contributed by atoms with Gasteiger partial charge in [0.25, 0.3) is 0 Å². The molecule has 0 heterocycles. The van der Waals surface area contributed by atoms with Crippen LogP contribution in [0.3, 0.4) is 0 Å². The lowest BCUT2D eigenvalue weighted by atomic mass is 9.81. The van der Waals surface area contributed by atoms with E-state index >= 15 is 0 Å². The molecule has 1 amide bonds. The van der Waals surface area contributed by atoms with Gasteiger partial charge in [0.2, 0.25) is 5.91 Å². The average Bonchev–Trinajstić information content (AvgIpc) is 3.18. The zero-order valence-corrected chi connectivity index (χ0v) is 14.4. The highest BCUT2D eigenvalue weighted by atomic mass is 16.2. The fourth-order valence-electron chi connectivity index (χ4n) is 3.17. The van der Waals surface area contributed by atoms with Crippen LogP contribution in [0.25, 0.3) is 0 Å². The summed E-state index contributed by atoms with van der Waals surface area (Å²) < 4.78 is 0. The molecule has 0 aromatic heterocycles. The first kappa shape index (κ1) is 16.3. The maximum absolute atomic E-state index is 12.4. The Hall–Kier alpha value is -1.05. The minimum Gasteiger partial charge on any atom is -0.334 e. The molecule has 0 aliphatic heterocycles. The van der Waals surface area contributed by atoms with Gasteiger partial charge in [0.1, 0.15) is 0 Å². The van der Waals surface area contributed by atoms with E-state index in [1.807, 2.05) is 0 Å². The molecular weight excluding hydrogens is 258 g/mol. The van der Waals surface area contributed by atoms with Crippen LogP contribution >= 0.6 is 0 Å². The predicted molar refractivity (Wildman–Crippen MR) is 89.0 cm³/mol. The summed E-state index contributed by atoms with van der Waals surface area (Å²) in [4.78, 5) is 14.5. The van der Waals surface area contributed by atoms with E-state index in [4.69, 9.17) is 0 Å². The van der Waals surface area contributed by atoms with Crippen molar-refractivity contribution in [1.82, 2.24) is 4.90 Å². The minimum absolute atomic E-state index is 0.0846. The number of nitrogens with zero attached hydrogens (tertiary/aromatic N) is 1. The summed E-state index contributed by atoms with van der Waals surface area (Å²) in [7, 11) is 0. The van der Waals surface area contributed by atoms with Crippen LogP contribution in [-0.2, 0) is 4.79 Å². The van der Waals surface area contributed by atoms with E-state index in [1.165, 1.54) is 12.0 Å². The molecule has 0 saturated heterocycles. The maximum atomic E-state index is 12.4. The Morgan fingerprint density at radius 3 is 2.57 bits per heavy atom. The molecular formula is C19H31NO. The first-order chi connectivity index (χ1) is 9.79. The van der Waals surface area contributed by atoms with Crippen molar-refractivity contribution in [2.45, 2.75) is 65.8 Å². The fourth-order valence-corrected chi connectivity index (χ4v) is 3.17. The Morgan fingerprint density at radius 2 is 2.05 bits per heavy atom. The average molecular weight is 289 g/mol. The minimum atomic E-state index is -0.0846. The molecule has 1 saturated carbocycles. The molecule has 2 aliphatic rings. The van der Waals surface area contributed by atoms with Gasteiger partial charge in [-0.15, -0.1) is 0 Å². The number of carbonyl (C=O) groups is 1. The van der Waals surface area contributed by atoms with Gasteiger partial charge in [-0.1, -0.05) is 30.7 Å². The van der Waals surface area contributed by atoms with Crippen molar-refractivity contribution in [3.8, 4) is 0 Å². The van der Waals surface area contributed by atoms with Gasteiger partial charge in [0.05, 0.1) is 0 Å². The highest BCUT2D eigenvalue weighted by Crippen LogP contribution is 2.33. The van der Waals surface area contributed by atoms with Crippen LogP contribution in [0.2, 0.25) is 0 Å². The molecule has 2 aliphatic carbocycles. The van der Waals surface area contributed by atoms with Crippen molar-refractivity contribution >= 4 is 5.91 Å². The third-order valence-corrected chi connectivity index (χ3v) is 4.79. The summed E-state index contributed by atoms with van der Waals surface area (Å²) in [6.07, 6.45) is 11.5. The molecule has 1 fully saturated rings. The number of hydrogen-bond acceptors (Lipinski definition) is 1. The van der Waals surface area contributed by atoms with E-state index in [1.54, 1.807) is 0 Å². The van der Waals surface area contributed by atoms with E-state index in [0.717, 1.165) is 25.8 Å². The van der Waals surface area contributed by atoms with Gasteiger partial charge in [0, 0.05) is 18.0 Å². The van der Waals surface area contributed by atoms with Crippen LogP contribution in [-0.4, -0.2) is 22.9 Å². The Balaban J connectivity index is 1.95. The van der Waals surface area contributed by atoms with Crippen LogP contribution in [0.4, 0.5) is 0 Å². The van der Waals surface area contributed by atoms with Crippen LogP contribution in [0.1, 0.15) is 60.3 Å². The van der Waals surface area contributed by atoms with Crippen molar-refractivity contribution in [2.75, 3.05) is 6.54 Å². The summed E-state index contributed by atoms with van der Waals surface area (Å²) in [5.41, 5.74) is 1.44. The zero-order valence-electron chi connectivity index (χ0n) is 14.4. The lowest BCUT2D eigenvalue weighted by molar-refractivity contribution is -0.136. The monoisotopic (exact) mass is 289 g/mol. The largest absolute Gasteiger partial charge is 0.334 e. The Morgan fingerprint density at radius 1 is 1.38 bits per heavy atom. The zero-order chi connectivity index (χ0) is 15.6. The van der Waals surface area contributed by atoms with Crippen molar-refractivity contribution in [3.63, 3.8) is 0 Å². The van der Waals surface area contributed by atoms with Crippen molar-refractivity contribution in [2.24, 2.45) is 17.8 Å². The Bertz CT molecular complexity index is 437. The molecule has 0 bridgehead atoms. The van der Waals surface area contributed by atoms with Crippen molar-refractivity contribution in [1.29, 1.82) is 0 Å². The molecule has 2 rings (SSSR count). The van der Waals surface area contributed by atoms with Gasteiger partial charge in [0.15, 0.2) is 0 Å². The number of carbonyl (C=O) groups excluding carboxylic acids is 1. The highest BCUT2D eigenvalue weighted by molar-refractivity contribution is 5.81. The Labute approximate surface area is 130 Å². The molecule has 2 heteroatoms. The van der Waals surface area contributed by atoms with Gasteiger partial charge < -0.3 is 4.90 Å². The van der Waals surface area contributed by atoms with Crippen molar-refractivity contribution < 1.29 is 4.79 Å². The standard InChI is InChI=1S/C19H31NO/c1-14-8-9-16(15(2)13-14)7-6-12-20(19(3,4)5)18(21)17-10-11-17/h6-8,15-17H,9-13H2,1-5H3. The summed E-state index contributed by atoms with van der Waals surface area (Å²) in [6.45, 7) is 11.7. The molecule has 0 aromatic rings. The normalized spacial score (nSPS) is 26.8. The number of amides is 1. The Kier molecular flexibility index (Phi) is 4.95. The second-order valence-electron chi connectivity index (χ2n) is 7.95. The first-order valence-corrected chi connectivity index (χ1v) is 8.43. The molecule has 0 N–H and O–H groups in total. The van der Waals surface area contributed by atoms with Crippen LogP contribution in [0.5, 0.6) is 0 Å². The van der Waals surface area contributed by atoms with Crippen LogP contribution in [0.15, 0.2) is 23.8 Å². The third kappa shape index (κ3) is 4.46. The smallest absolute Gasteiger partial charge is 0.226 e. The number of hydrogen-bond donors (Lipinski definition) is 0. The molecule has 21 heavy (non-hydrogen) atoms. The van der Waals surface area contributed by atoms with Gasteiger partial charge in [-0.25, -0.2) is 0 Å². The second kappa shape index (κ2) is 6.37. The molecule has 0 spiro atoms. The number of allylic oxidation sites excluding steroid dienone is 3. The van der Waals surface area contributed by atoms with Gasteiger partial charge in [-0.2, -0.15) is 0 Å². The first-order valence-electron chi connectivity index (χ1n) is 8.43. The van der Waals surface area contributed by atoms with Crippen LogP contribution in [0, 0.1) is 17.8 Å². The van der Waals surface area contributed by atoms with Gasteiger partial charge >= 0.3 is 0 Å². The van der Waals surface area contributed by atoms with E-state index in [9.17, 15) is 4.79 Å². The van der Waals surface area contributed by atoms with E-state index in [2.05, 4.69) is 57.7 Å². The van der Waals surface area contributed by atoms with E-state index in [0.29, 0.717) is 23.7 Å². The molecule has 2 unspecified atom stereocenters.